The molecule has 4 N–H and O–H groups in total. The summed E-state index contributed by atoms with van der Waals surface area (Å²) in [6.07, 6.45) is 4.45. The summed E-state index contributed by atoms with van der Waals surface area (Å²) in [5, 5.41) is 15.1. The van der Waals surface area contributed by atoms with Gasteiger partial charge in [0.25, 0.3) is 5.91 Å². The number of nitrogens with one attached hydrogen (secondary N) is 1. The van der Waals surface area contributed by atoms with E-state index in [4.69, 9.17) is 10.9 Å². The Morgan fingerprint density at radius 3 is 2.65 bits per heavy atom. The van der Waals surface area contributed by atoms with Crippen molar-refractivity contribution in [2.45, 2.75) is 44.6 Å². The molecular formula is C13H18BrN3O2S. The molecule has 0 radical (unpaired) electrons. The van der Waals surface area contributed by atoms with Crippen LogP contribution in [-0.2, 0) is 0 Å². The lowest BCUT2D eigenvalue weighted by Gasteiger charge is -2.36. The van der Waals surface area contributed by atoms with Crippen LogP contribution in [0.3, 0.4) is 0 Å². The van der Waals surface area contributed by atoms with E-state index in [2.05, 4.69) is 26.4 Å². The highest BCUT2D eigenvalue weighted by Gasteiger charge is 2.38. The maximum atomic E-state index is 12.4. The van der Waals surface area contributed by atoms with Gasteiger partial charge in [-0.3, -0.25) is 4.79 Å². The zero-order valence-electron chi connectivity index (χ0n) is 11.3. The van der Waals surface area contributed by atoms with Crippen LogP contribution in [-0.4, -0.2) is 22.5 Å². The van der Waals surface area contributed by atoms with E-state index in [1.54, 1.807) is 0 Å². The summed E-state index contributed by atoms with van der Waals surface area (Å²) in [6, 6.07) is 1.84. The topological polar surface area (TPSA) is 87.7 Å². The van der Waals surface area contributed by atoms with E-state index in [0.29, 0.717) is 17.7 Å². The van der Waals surface area contributed by atoms with Crippen molar-refractivity contribution in [1.29, 1.82) is 0 Å². The van der Waals surface area contributed by atoms with Crippen molar-refractivity contribution in [3.8, 4) is 0 Å². The second kappa shape index (κ2) is 6.13. The van der Waals surface area contributed by atoms with Crippen LogP contribution < -0.4 is 11.1 Å². The Bertz CT molecular complexity index is 516. The number of aryl methyl sites for hydroxylation is 1. The van der Waals surface area contributed by atoms with Gasteiger partial charge in [0, 0.05) is 0 Å². The lowest BCUT2D eigenvalue weighted by Crippen LogP contribution is -2.58. The van der Waals surface area contributed by atoms with Gasteiger partial charge in [0.15, 0.2) is 5.84 Å². The molecule has 0 aromatic carbocycles. The number of hydrogen-bond acceptors (Lipinski definition) is 4. The average molecular weight is 360 g/mol. The fourth-order valence-corrected chi connectivity index (χ4v) is 3.98. The highest BCUT2D eigenvalue weighted by atomic mass is 79.9. The van der Waals surface area contributed by atoms with Crippen LogP contribution in [0.15, 0.2) is 15.0 Å². The van der Waals surface area contributed by atoms with Crippen molar-refractivity contribution >= 4 is 39.0 Å². The van der Waals surface area contributed by atoms with Crippen LogP contribution in [0.5, 0.6) is 0 Å². The van der Waals surface area contributed by atoms with Gasteiger partial charge in [-0.2, -0.15) is 0 Å². The van der Waals surface area contributed by atoms with Crippen LogP contribution in [0, 0.1) is 6.92 Å². The molecule has 2 rings (SSSR count). The third kappa shape index (κ3) is 2.98. The molecular weight excluding hydrogens is 342 g/mol. The summed E-state index contributed by atoms with van der Waals surface area (Å²) in [7, 11) is 0. The first-order valence-electron chi connectivity index (χ1n) is 6.55. The molecule has 110 valence electrons. The molecule has 1 aliphatic carbocycles. The summed E-state index contributed by atoms with van der Waals surface area (Å²) in [4.78, 5) is 13.0. The van der Waals surface area contributed by atoms with Gasteiger partial charge in [0.2, 0.25) is 0 Å². The standard InChI is InChI=1S/C13H18BrN3O2S/c1-8-7-9(20-10(8)14)11(18)16-13(12(15)17-19)5-3-2-4-6-13/h7,19H,2-6H2,1H3,(H2,15,17)(H,16,18). The van der Waals surface area contributed by atoms with Crippen molar-refractivity contribution in [3.05, 3.63) is 20.3 Å². The molecule has 0 unspecified atom stereocenters. The molecule has 0 aliphatic heterocycles. The second-order valence-electron chi connectivity index (χ2n) is 5.15. The third-order valence-electron chi connectivity index (χ3n) is 3.74. The number of hydrogen-bond donors (Lipinski definition) is 3. The summed E-state index contributed by atoms with van der Waals surface area (Å²) < 4.78 is 0.948. The van der Waals surface area contributed by atoms with Crippen LogP contribution in [0.1, 0.15) is 47.3 Å². The molecule has 1 saturated carbocycles. The molecule has 1 aromatic rings. The van der Waals surface area contributed by atoms with E-state index < -0.39 is 5.54 Å². The van der Waals surface area contributed by atoms with Gasteiger partial charge in [0.05, 0.1) is 8.66 Å². The number of carbonyl (C=O) groups is 1. The maximum Gasteiger partial charge on any atom is 0.262 e. The lowest BCUT2D eigenvalue weighted by atomic mass is 9.80. The van der Waals surface area contributed by atoms with Gasteiger partial charge in [-0.25, -0.2) is 0 Å². The Hall–Kier alpha value is -1.08. The quantitative estimate of drug-likeness (QED) is 0.335. The third-order valence-corrected chi connectivity index (χ3v) is 5.87. The summed E-state index contributed by atoms with van der Waals surface area (Å²) in [6.45, 7) is 1.94. The van der Waals surface area contributed by atoms with Crippen molar-refractivity contribution in [3.63, 3.8) is 0 Å². The molecule has 1 aliphatic rings. The fraction of sp³-hybridized carbons (Fsp3) is 0.538. The number of halogens is 1. The fourth-order valence-electron chi connectivity index (χ4n) is 2.55. The first-order chi connectivity index (χ1) is 9.48. The smallest absolute Gasteiger partial charge is 0.262 e. The minimum Gasteiger partial charge on any atom is -0.409 e. The number of thiophene rings is 1. The molecule has 0 atom stereocenters. The van der Waals surface area contributed by atoms with Crippen molar-refractivity contribution < 1.29 is 10.0 Å². The molecule has 1 amide bonds. The first-order valence-corrected chi connectivity index (χ1v) is 8.16. The Balaban J connectivity index is 2.21. The normalized spacial score (nSPS) is 18.8. The molecule has 0 bridgehead atoms. The maximum absolute atomic E-state index is 12.4. The van der Waals surface area contributed by atoms with Crippen molar-refractivity contribution in [2.75, 3.05) is 0 Å². The molecule has 0 spiro atoms. The Kier molecular flexibility index (Phi) is 4.70. The SMILES string of the molecule is Cc1cc(C(=O)NC2(/C(N)=N/O)CCCCC2)sc1Br. The molecule has 1 heterocycles. The zero-order chi connectivity index (χ0) is 14.8. The van der Waals surface area contributed by atoms with Gasteiger partial charge < -0.3 is 16.3 Å². The average Bonchev–Trinajstić information content (AvgIpc) is 2.79. The van der Waals surface area contributed by atoms with Crippen molar-refractivity contribution in [1.82, 2.24) is 5.32 Å². The molecule has 0 saturated heterocycles. The van der Waals surface area contributed by atoms with Crippen LogP contribution in [0.4, 0.5) is 0 Å². The Labute approximate surface area is 130 Å². The Morgan fingerprint density at radius 1 is 1.50 bits per heavy atom. The highest BCUT2D eigenvalue weighted by molar-refractivity contribution is 9.11. The van der Waals surface area contributed by atoms with Crippen LogP contribution in [0.2, 0.25) is 0 Å². The van der Waals surface area contributed by atoms with Gasteiger partial charge in [-0.05, 0) is 47.3 Å². The second-order valence-corrected chi connectivity index (χ2v) is 7.52. The number of amides is 1. The number of nitrogens with zero attached hydrogens (tertiary/aromatic N) is 1. The molecule has 1 aromatic heterocycles. The molecule has 5 nitrogen and oxygen atoms in total. The number of nitrogens with two attached hydrogens (primary N) is 1. The van der Waals surface area contributed by atoms with Gasteiger partial charge in [-0.15, -0.1) is 11.3 Å². The van der Waals surface area contributed by atoms with Gasteiger partial charge >= 0.3 is 0 Å². The number of oxime groups is 1. The zero-order valence-corrected chi connectivity index (χ0v) is 13.7. The van der Waals surface area contributed by atoms with Gasteiger partial charge in [-0.1, -0.05) is 24.4 Å². The summed E-state index contributed by atoms with van der Waals surface area (Å²) in [5.41, 5.74) is 6.14. The highest BCUT2D eigenvalue weighted by Crippen LogP contribution is 2.31. The predicted molar refractivity (Wildman–Crippen MR) is 83.4 cm³/mol. The van der Waals surface area contributed by atoms with E-state index in [-0.39, 0.29) is 11.7 Å². The number of rotatable bonds is 3. The first kappa shape index (κ1) is 15.3. The van der Waals surface area contributed by atoms with E-state index in [0.717, 1.165) is 28.6 Å². The van der Waals surface area contributed by atoms with Crippen LogP contribution in [0.25, 0.3) is 0 Å². The molecule has 7 heteroatoms. The number of amidine groups is 1. The molecule has 20 heavy (non-hydrogen) atoms. The minimum absolute atomic E-state index is 0.0953. The Morgan fingerprint density at radius 2 is 2.15 bits per heavy atom. The largest absolute Gasteiger partial charge is 0.409 e. The lowest BCUT2D eigenvalue weighted by molar-refractivity contribution is 0.0910. The summed E-state index contributed by atoms with van der Waals surface area (Å²) in [5.74, 6) is -0.0739. The van der Waals surface area contributed by atoms with Gasteiger partial charge in [0.1, 0.15) is 5.54 Å². The van der Waals surface area contributed by atoms with Crippen molar-refractivity contribution in [2.24, 2.45) is 10.9 Å². The minimum atomic E-state index is -0.714. The van der Waals surface area contributed by atoms with Crippen LogP contribution >= 0.6 is 27.3 Å². The number of carbonyl (C=O) groups excluding carboxylic acids is 1. The van der Waals surface area contributed by atoms with E-state index in [1.807, 2.05) is 13.0 Å². The van der Waals surface area contributed by atoms with E-state index in [1.165, 1.54) is 11.3 Å². The summed E-state index contributed by atoms with van der Waals surface area (Å²) >= 11 is 4.81. The molecule has 1 fully saturated rings. The van der Waals surface area contributed by atoms with E-state index >= 15 is 0 Å². The monoisotopic (exact) mass is 359 g/mol. The van der Waals surface area contributed by atoms with E-state index in [9.17, 15) is 4.79 Å². The predicted octanol–water partition coefficient (Wildman–Crippen LogP) is 3.00.